The lowest BCUT2D eigenvalue weighted by Crippen LogP contribution is -2.42. The lowest BCUT2D eigenvalue weighted by molar-refractivity contribution is -0.141. The average molecular weight is 464 g/mol. The topological polar surface area (TPSA) is 130 Å². The number of benzene rings is 1. The van der Waals surface area contributed by atoms with Gasteiger partial charge in [0.25, 0.3) is 5.56 Å². The van der Waals surface area contributed by atoms with Gasteiger partial charge in [0.1, 0.15) is 6.54 Å². The van der Waals surface area contributed by atoms with Crippen LogP contribution in [0.15, 0.2) is 34.0 Å². The number of nitrogens with zero attached hydrogens (tertiary/aromatic N) is 4. The molecule has 3 rings (SSSR count). The molecule has 0 amide bonds. The van der Waals surface area contributed by atoms with Crippen LogP contribution in [0.5, 0.6) is 0 Å². The number of ether oxygens (including phenoxy) is 1. The molecule has 0 atom stereocenters. The van der Waals surface area contributed by atoms with Gasteiger partial charge in [-0.05, 0) is 69.2 Å². The van der Waals surface area contributed by atoms with Crippen LogP contribution in [-0.4, -0.2) is 34.8 Å². The van der Waals surface area contributed by atoms with E-state index in [9.17, 15) is 19.6 Å². The molecular formula is C25H29N5O4. The first-order valence-corrected chi connectivity index (χ1v) is 11.4. The molecule has 1 aliphatic rings. The highest BCUT2D eigenvalue weighted by atomic mass is 16.5. The molecule has 1 N–H and O–H groups in total. The molecule has 1 aromatic heterocycles. The Labute approximate surface area is 198 Å². The van der Waals surface area contributed by atoms with Gasteiger partial charge in [-0.15, -0.1) is 0 Å². The van der Waals surface area contributed by atoms with E-state index in [0.717, 1.165) is 31.2 Å². The van der Waals surface area contributed by atoms with Crippen LogP contribution in [0.4, 0.5) is 0 Å². The normalized spacial score (nSPS) is 17.5. The maximum Gasteiger partial charge on any atom is 0.331 e. The van der Waals surface area contributed by atoms with Gasteiger partial charge < -0.3 is 10.1 Å². The summed E-state index contributed by atoms with van der Waals surface area (Å²) in [5, 5.41) is 22.0. The number of nitriles is 2. The molecule has 1 aromatic carbocycles. The number of carbonyl (C=O) groups excluding carboxylic acids is 1. The maximum atomic E-state index is 12.6. The van der Waals surface area contributed by atoms with Crippen LogP contribution in [-0.2, 0) is 22.6 Å². The zero-order chi connectivity index (χ0) is 24.7. The minimum atomic E-state index is -0.549. The molecule has 0 aliphatic heterocycles. The highest BCUT2D eigenvalue weighted by Gasteiger charge is 2.24. The SMILES string of the molecule is COC(=O)Cn1cc(C)c(=O)n(CCCNC2CCC(c3ccc(C#N)cc3C#N)CC2)c1=O. The summed E-state index contributed by atoms with van der Waals surface area (Å²) in [4.78, 5) is 36.6. The van der Waals surface area contributed by atoms with Crippen LogP contribution < -0.4 is 16.6 Å². The summed E-state index contributed by atoms with van der Waals surface area (Å²) in [5.74, 6) is -0.244. The third-order valence-corrected chi connectivity index (χ3v) is 6.40. The average Bonchev–Trinajstić information content (AvgIpc) is 2.86. The van der Waals surface area contributed by atoms with E-state index in [1.807, 2.05) is 6.07 Å². The highest BCUT2D eigenvalue weighted by molar-refractivity contribution is 5.68. The number of rotatable bonds is 8. The number of hydrogen-bond acceptors (Lipinski definition) is 7. The summed E-state index contributed by atoms with van der Waals surface area (Å²) < 4.78 is 7.00. The first-order chi connectivity index (χ1) is 16.4. The molecule has 9 heteroatoms. The van der Waals surface area contributed by atoms with Crippen molar-refractivity contribution in [3.05, 3.63) is 67.5 Å². The Morgan fingerprint density at radius 3 is 2.56 bits per heavy atom. The summed E-state index contributed by atoms with van der Waals surface area (Å²) in [7, 11) is 1.25. The number of esters is 1. The van der Waals surface area contributed by atoms with Gasteiger partial charge in [0.2, 0.25) is 0 Å². The Balaban J connectivity index is 1.52. The standard InChI is InChI=1S/C25H29N5O4/c1-17-15-29(16-23(31)34-2)25(33)30(24(17)32)11-3-10-28-21-7-5-19(6-8-21)22-9-4-18(13-26)12-20(22)14-27/h4,9,12,15,19,21,28H,3,5-8,10-11,16H2,1-2H3. The highest BCUT2D eigenvalue weighted by Crippen LogP contribution is 2.34. The molecule has 9 nitrogen and oxygen atoms in total. The molecule has 1 heterocycles. The van der Waals surface area contributed by atoms with Crippen LogP contribution in [0.3, 0.4) is 0 Å². The second-order valence-electron chi connectivity index (χ2n) is 8.64. The van der Waals surface area contributed by atoms with E-state index in [0.29, 0.717) is 41.6 Å². The Morgan fingerprint density at radius 2 is 1.91 bits per heavy atom. The van der Waals surface area contributed by atoms with Crippen LogP contribution in [0, 0.1) is 29.6 Å². The van der Waals surface area contributed by atoms with Crippen molar-refractivity contribution in [3.63, 3.8) is 0 Å². The largest absolute Gasteiger partial charge is 0.468 e. The lowest BCUT2D eigenvalue weighted by atomic mass is 9.80. The number of aromatic nitrogens is 2. The van der Waals surface area contributed by atoms with Gasteiger partial charge >= 0.3 is 11.7 Å². The van der Waals surface area contributed by atoms with E-state index in [1.54, 1.807) is 19.1 Å². The van der Waals surface area contributed by atoms with Crippen molar-refractivity contribution in [1.82, 2.24) is 14.5 Å². The zero-order valence-corrected chi connectivity index (χ0v) is 19.5. The number of methoxy groups -OCH3 is 1. The zero-order valence-electron chi connectivity index (χ0n) is 19.5. The summed E-state index contributed by atoms with van der Waals surface area (Å²) in [5.41, 5.74) is 1.63. The summed E-state index contributed by atoms with van der Waals surface area (Å²) >= 11 is 0. The molecule has 2 aromatic rings. The van der Waals surface area contributed by atoms with Crippen LogP contribution >= 0.6 is 0 Å². The summed E-state index contributed by atoms with van der Waals surface area (Å²) in [6.45, 7) is 2.31. The van der Waals surface area contributed by atoms with E-state index in [4.69, 9.17) is 5.26 Å². The van der Waals surface area contributed by atoms with Gasteiger partial charge in [0, 0.05) is 24.3 Å². The number of nitrogens with one attached hydrogen (secondary N) is 1. The fraction of sp³-hybridized carbons (Fsp3) is 0.480. The third kappa shape index (κ3) is 5.81. The number of hydrogen-bond donors (Lipinski definition) is 1. The van der Waals surface area contributed by atoms with Gasteiger partial charge in [0.05, 0.1) is 30.4 Å². The Kier molecular flexibility index (Phi) is 8.39. The Bertz CT molecular complexity index is 1240. The van der Waals surface area contributed by atoms with Crippen molar-refractivity contribution in [1.29, 1.82) is 10.5 Å². The van der Waals surface area contributed by atoms with Crippen LogP contribution in [0.25, 0.3) is 0 Å². The van der Waals surface area contributed by atoms with Gasteiger partial charge in [0.15, 0.2) is 0 Å². The van der Waals surface area contributed by atoms with Crippen molar-refractivity contribution in [2.45, 2.75) is 64.1 Å². The summed E-state index contributed by atoms with van der Waals surface area (Å²) in [6.07, 6.45) is 5.82. The second kappa shape index (κ2) is 11.4. The summed E-state index contributed by atoms with van der Waals surface area (Å²) in [6, 6.07) is 9.97. The van der Waals surface area contributed by atoms with E-state index in [2.05, 4.69) is 22.2 Å². The van der Waals surface area contributed by atoms with E-state index in [1.165, 1.54) is 22.4 Å². The molecule has 0 radical (unpaired) electrons. The Morgan fingerprint density at radius 1 is 1.18 bits per heavy atom. The minimum absolute atomic E-state index is 0.231. The van der Waals surface area contributed by atoms with Gasteiger partial charge in [-0.3, -0.25) is 18.7 Å². The van der Waals surface area contributed by atoms with E-state index in [-0.39, 0.29) is 18.6 Å². The molecule has 0 unspecified atom stereocenters. The number of aryl methyl sites for hydroxylation is 1. The molecular weight excluding hydrogens is 434 g/mol. The fourth-order valence-electron chi connectivity index (χ4n) is 4.54. The number of carbonyl (C=O) groups is 1. The predicted molar refractivity (Wildman–Crippen MR) is 125 cm³/mol. The van der Waals surface area contributed by atoms with Crippen molar-refractivity contribution < 1.29 is 9.53 Å². The second-order valence-corrected chi connectivity index (χ2v) is 8.64. The van der Waals surface area contributed by atoms with Crippen molar-refractivity contribution >= 4 is 5.97 Å². The van der Waals surface area contributed by atoms with E-state index >= 15 is 0 Å². The van der Waals surface area contributed by atoms with Gasteiger partial charge in [-0.25, -0.2) is 4.79 Å². The molecule has 178 valence electrons. The van der Waals surface area contributed by atoms with Crippen molar-refractivity contribution in [3.8, 4) is 12.1 Å². The van der Waals surface area contributed by atoms with Crippen LogP contribution in [0.2, 0.25) is 0 Å². The van der Waals surface area contributed by atoms with Crippen molar-refractivity contribution in [2.75, 3.05) is 13.7 Å². The molecule has 0 spiro atoms. The quantitative estimate of drug-likeness (QED) is 0.468. The molecule has 34 heavy (non-hydrogen) atoms. The third-order valence-electron chi connectivity index (χ3n) is 6.40. The first kappa shape index (κ1) is 24.9. The maximum absolute atomic E-state index is 12.6. The molecule has 0 bridgehead atoms. The van der Waals surface area contributed by atoms with Crippen molar-refractivity contribution in [2.24, 2.45) is 0 Å². The monoisotopic (exact) mass is 463 g/mol. The lowest BCUT2D eigenvalue weighted by Gasteiger charge is -2.30. The Hall–Kier alpha value is -3.69. The van der Waals surface area contributed by atoms with E-state index < -0.39 is 11.7 Å². The van der Waals surface area contributed by atoms with Gasteiger partial charge in [-0.1, -0.05) is 6.07 Å². The van der Waals surface area contributed by atoms with Crippen LogP contribution in [0.1, 0.15) is 60.3 Å². The molecule has 1 fully saturated rings. The smallest absolute Gasteiger partial charge is 0.331 e. The van der Waals surface area contributed by atoms with Gasteiger partial charge in [-0.2, -0.15) is 10.5 Å². The first-order valence-electron chi connectivity index (χ1n) is 11.4. The molecule has 1 aliphatic carbocycles. The predicted octanol–water partition coefficient (Wildman–Crippen LogP) is 1.94. The fourth-order valence-corrected chi connectivity index (χ4v) is 4.54. The minimum Gasteiger partial charge on any atom is -0.468 e. The molecule has 1 saturated carbocycles. The molecule has 0 saturated heterocycles.